The molecule has 0 aliphatic heterocycles. The molecule has 0 radical (unpaired) electrons. The molecule has 6 nitrogen and oxygen atoms in total. The van der Waals surface area contributed by atoms with Gasteiger partial charge in [-0.1, -0.05) is 12.1 Å². The highest BCUT2D eigenvalue weighted by Crippen LogP contribution is 2.11. The van der Waals surface area contributed by atoms with E-state index >= 15 is 0 Å². The van der Waals surface area contributed by atoms with E-state index in [1.807, 2.05) is 29.9 Å². The number of methoxy groups -OCH3 is 1. The number of nitrogens with zero attached hydrogens (tertiary/aromatic N) is 3. The zero-order chi connectivity index (χ0) is 15.8. The molecule has 22 heavy (non-hydrogen) atoms. The summed E-state index contributed by atoms with van der Waals surface area (Å²) in [6, 6.07) is 8.02. The third-order valence-corrected chi connectivity index (χ3v) is 3.42. The first-order valence-electron chi connectivity index (χ1n) is 7.32. The van der Waals surface area contributed by atoms with E-state index in [0.717, 1.165) is 31.0 Å². The average Bonchev–Trinajstić information content (AvgIpc) is 2.93. The fourth-order valence-electron chi connectivity index (χ4n) is 2.10. The molecule has 1 aromatic carbocycles. The largest absolute Gasteiger partial charge is 0.497 e. The van der Waals surface area contributed by atoms with Gasteiger partial charge in [0.2, 0.25) is 0 Å². The van der Waals surface area contributed by atoms with E-state index in [4.69, 9.17) is 10.5 Å². The SMILES string of the molecule is COc1ccc(CCNC(N)=NCCc2nccn2C)cc1. The molecule has 1 heterocycles. The van der Waals surface area contributed by atoms with Crippen molar-refractivity contribution in [1.29, 1.82) is 0 Å². The molecule has 2 rings (SSSR count). The molecule has 0 saturated heterocycles. The maximum absolute atomic E-state index is 5.85. The van der Waals surface area contributed by atoms with E-state index in [0.29, 0.717) is 12.5 Å². The molecule has 0 fully saturated rings. The van der Waals surface area contributed by atoms with Crippen molar-refractivity contribution in [3.63, 3.8) is 0 Å². The molecule has 6 heteroatoms. The lowest BCUT2D eigenvalue weighted by atomic mass is 10.1. The smallest absolute Gasteiger partial charge is 0.188 e. The van der Waals surface area contributed by atoms with Crippen LogP contribution in [0.15, 0.2) is 41.7 Å². The molecule has 0 spiro atoms. The van der Waals surface area contributed by atoms with Crippen LogP contribution >= 0.6 is 0 Å². The summed E-state index contributed by atoms with van der Waals surface area (Å²) in [5, 5.41) is 3.12. The summed E-state index contributed by atoms with van der Waals surface area (Å²) in [7, 11) is 3.64. The van der Waals surface area contributed by atoms with E-state index in [9.17, 15) is 0 Å². The molecular weight excluding hydrogens is 278 g/mol. The van der Waals surface area contributed by atoms with Crippen LogP contribution in [0.1, 0.15) is 11.4 Å². The zero-order valence-corrected chi connectivity index (χ0v) is 13.1. The van der Waals surface area contributed by atoms with E-state index < -0.39 is 0 Å². The second kappa shape index (κ2) is 8.07. The van der Waals surface area contributed by atoms with E-state index in [1.165, 1.54) is 5.56 Å². The Morgan fingerprint density at radius 3 is 2.73 bits per heavy atom. The summed E-state index contributed by atoms with van der Waals surface area (Å²) in [5.74, 6) is 2.35. The summed E-state index contributed by atoms with van der Waals surface area (Å²) < 4.78 is 7.12. The monoisotopic (exact) mass is 301 g/mol. The van der Waals surface area contributed by atoms with Crippen molar-refractivity contribution >= 4 is 5.96 Å². The van der Waals surface area contributed by atoms with Gasteiger partial charge in [0.15, 0.2) is 5.96 Å². The minimum atomic E-state index is 0.475. The number of benzene rings is 1. The molecule has 0 saturated carbocycles. The van der Waals surface area contributed by atoms with Crippen molar-refractivity contribution in [2.75, 3.05) is 20.2 Å². The predicted octanol–water partition coefficient (Wildman–Crippen LogP) is 1.12. The van der Waals surface area contributed by atoms with E-state index in [-0.39, 0.29) is 0 Å². The standard InChI is InChI=1S/C16H23N5O/c1-21-12-11-18-15(21)8-10-20-16(17)19-9-7-13-3-5-14(22-2)6-4-13/h3-6,11-12H,7-10H2,1-2H3,(H3,17,19,20). The average molecular weight is 301 g/mol. The topological polar surface area (TPSA) is 77.5 Å². The van der Waals surface area contributed by atoms with Crippen LogP contribution in [-0.2, 0) is 19.9 Å². The highest BCUT2D eigenvalue weighted by Gasteiger charge is 1.99. The summed E-state index contributed by atoms with van der Waals surface area (Å²) in [6.45, 7) is 1.39. The number of ether oxygens (including phenoxy) is 1. The van der Waals surface area contributed by atoms with Crippen molar-refractivity contribution < 1.29 is 4.74 Å². The van der Waals surface area contributed by atoms with Crippen LogP contribution in [0, 0.1) is 0 Å². The van der Waals surface area contributed by atoms with Gasteiger partial charge in [0.25, 0.3) is 0 Å². The Kier molecular flexibility index (Phi) is 5.82. The van der Waals surface area contributed by atoms with Gasteiger partial charge in [0.05, 0.1) is 7.11 Å². The van der Waals surface area contributed by atoms with E-state index in [1.54, 1.807) is 13.3 Å². The number of rotatable bonds is 7. The predicted molar refractivity (Wildman–Crippen MR) is 88.1 cm³/mol. The van der Waals surface area contributed by atoms with Crippen LogP contribution in [0.4, 0.5) is 0 Å². The van der Waals surface area contributed by atoms with Crippen molar-refractivity contribution in [3.8, 4) is 5.75 Å². The van der Waals surface area contributed by atoms with E-state index in [2.05, 4.69) is 27.4 Å². The third kappa shape index (κ3) is 4.80. The van der Waals surface area contributed by atoms with Gasteiger partial charge in [0.1, 0.15) is 11.6 Å². The fraction of sp³-hybridized carbons (Fsp3) is 0.375. The van der Waals surface area contributed by atoms with Crippen LogP contribution in [0.25, 0.3) is 0 Å². The minimum absolute atomic E-state index is 0.475. The first-order valence-corrected chi connectivity index (χ1v) is 7.32. The molecule has 0 atom stereocenters. The van der Waals surface area contributed by atoms with Crippen molar-refractivity contribution in [1.82, 2.24) is 14.9 Å². The fourth-order valence-corrected chi connectivity index (χ4v) is 2.10. The third-order valence-electron chi connectivity index (χ3n) is 3.42. The molecule has 3 N–H and O–H groups in total. The van der Waals surface area contributed by atoms with Crippen LogP contribution in [0.3, 0.4) is 0 Å². The number of hydrogen-bond donors (Lipinski definition) is 2. The molecule has 0 aliphatic carbocycles. The molecule has 118 valence electrons. The second-order valence-corrected chi connectivity index (χ2v) is 5.00. The lowest BCUT2D eigenvalue weighted by Gasteiger charge is -2.06. The maximum Gasteiger partial charge on any atom is 0.188 e. The van der Waals surface area contributed by atoms with Gasteiger partial charge >= 0.3 is 0 Å². The van der Waals surface area contributed by atoms with Gasteiger partial charge in [-0.05, 0) is 24.1 Å². The molecular formula is C16H23N5O. The Morgan fingerprint density at radius 1 is 1.32 bits per heavy atom. The number of guanidine groups is 1. The number of imidazole rings is 1. The Hall–Kier alpha value is -2.50. The van der Waals surface area contributed by atoms with Crippen LogP contribution in [0.5, 0.6) is 5.75 Å². The Morgan fingerprint density at radius 2 is 2.09 bits per heavy atom. The highest BCUT2D eigenvalue weighted by molar-refractivity contribution is 5.77. The molecule has 1 aromatic heterocycles. The van der Waals surface area contributed by atoms with Crippen molar-refractivity contribution in [2.24, 2.45) is 17.8 Å². The molecule has 0 bridgehead atoms. The van der Waals surface area contributed by atoms with Gasteiger partial charge in [-0.15, -0.1) is 0 Å². The molecule has 0 unspecified atom stereocenters. The first-order chi connectivity index (χ1) is 10.7. The van der Waals surface area contributed by atoms with Crippen LogP contribution in [-0.4, -0.2) is 35.7 Å². The van der Waals surface area contributed by atoms with Crippen LogP contribution in [0.2, 0.25) is 0 Å². The zero-order valence-electron chi connectivity index (χ0n) is 13.1. The quantitative estimate of drug-likeness (QED) is 0.593. The molecule has 2 aromatic rings. The van der Waals surface area contributed by atoms with Gasteiger partial charge in [-0.25, -0.2) is 4.98 Å². The second-order valence-electron chi connectivity index (χ2n) is 5.00. The van der Waals surface area contributed by atoms with Gasteiger partial charge in [-0.2, -0.15) is 0 Å². The van der Waals surface area contributed by atoms with Crippen molar-refractivity contribution in [2.45, 2.75) is 12.8 Å². The van der Waals surface area contributed by atoms with Gasteiger partial charge < -0.3 is 20.4 Å². The normalized spacial score (nSPS) is 11.5. The Bertz CT molecular complexity index is 603. The van der Waals surface area contributed by atoms with Gasteiger partial charge in [-0.3, -0.25) is 4.99 Å². The first kappa shape index (κ1) is 15.9. The van der Waals surface area contributed by atoms with Crippen molar-refractivity contribution in [3.05, 3.63) is 48.0 Å². The summed E-state index contributed by atoms with van der Waals surface area (Å²) in [6.07, 6.45) is 5.38. The van der Waals surface area contributed by atoms with Gasteiger partial charge in [0, 0.05) is 39.0 Å². The molecule has 0 aliphatic rings. The minimum Gasteiger partial charge on any atom is -0.497 e. The highest BCUT2D eigenvalue weighted by atomic mass is 16.5. The Labute approximate surface area is 131 Å². The molecule has 0 amide bonds. The summed E-state index contributed by atoms with van der Waals surface area (Å²) in [5.41, 5.74) is 7.08. The lowest BCUT2D eigenvalue weighted by Crippen LogP contribution is -2.33. The number of aromatic nitrogens is 2. The lowest BCUT2D eigenvalue weighted by molar-refractivity contribution is 0.414. The number of aliphatic imine (C=N–C) groups is 1. The number of aryl methyl sites for hydroxylation is 1. The summed E-state index contributed by atoms with van der Waals surface area (Å²) >= 11 is 0. The number of nitrogens with one attached hydrogen (secondary N) is 1. The van der Waals surface area contributed by atoms with Crippen LogP contribution < -0.4 is 15.8 Å². The number of nitrogens with two attached hydrogens (primary N) is 1. The summed E-state index contributed by atoms with van der Waals surface area (Å²) in [4.78, 5) is 8.56. The Balaban J connectivity index is 1.69. The number of hydrogen-bond acceptors (Lipinski definition) is 3. The maximum atomic E-state index is 5.85.